The fourth-order valence-electron chi connectivity index (χ4n) is 1.80. The Morgan fingerprint density at radius 3 is 2.68 bits per heavy atom. The van der Waals surface area contributed by atoms with Crippen molar-refractivity contribution in [2.24, 2.45) is 0 Å². The molecule has 0 aliphatic heterocycles. The van der Waals surface area contributed by atoms with Crippen molar-refractivity contribution in [1.29, 1.82) is 0 Å². The molecule has 0 amide bonds. The van der Waals surface area contributed by atoms with E-state index in [4.69, 9.17) is 0 Å². The Kier molecular flexibility index (Phi) is 5.70. The highest BCUT2D eigenvalue weighted by Crippen LogP contribution is 2.10. The molecule has 0 aliphatic carbocycles. The Hall–Kier alpha value is -2.16. The summed E-state index contributed by atoms with van der Waals surface area (Å²) in [5, 5.41) is 0. The summed E-state index contributed by atoms with van der Waals surface area (Å²) in [4.78, 5) is 19.4. The first-order valence-corrected chi connectivity index (χ1v) is 7.44. The number of methoxy groups -OCH3 is 1. The minimum atomic E-state index is -2.15. The fraction of sp³-hybridized carbons (Fsp3) is 0.214. The molecule has 0 saturated heterocycles. The molecule has 0 aliphatic rings. The molecular formula is C14H15N3O4S. The highest BCUT2D eigenvalue weighted by atomic mass is 32.2. The van der Waals surface area contributed by atoms with Crippen molar-refractivity contribution in [3.8, 4) is 0 Å². The quantitative estimate of drug-likeness (QED) is 0.638. The Morgan fingerprint density at radius 1 is 1.32 bits per heavy atom. The van der Waals surface area contributed by atoms with Crippen molar-refractivity contribution in [2.75, 3.05) is 7.11 Å². The zero-order chi connectivity index (χ0) is 15.9. The van der Waals surface area contributed by atoms with E-state index in [0.717, 1.165) is 5.56 Å². The molecule has 2 rings (SSSR count). The summed E-state index contributed by atoms with van der Waals surface area (Å²) in [6.07, 6.45) is 4.65. The molecule has 7 nitrogen and oxygen atoms in total. The first-order chi connectivity index (χ1) is 10.6. The van der Waals surface area contributed by atoms with Gasteiger partial charge >= 0.3 is 5.97 Å². The molecule has 0 fully saturated rings. The molecule has 8 heteroatoms. The van der Waals surface area contributed by atoms with E-state index >= 15 is 0 Å². The van der Waals surface area contributed by atoms with Crippen molar-refractivity contribution in [3.05, 3.63) is 59.7 Å². The maximum atomic E-state index is 11.4. The predicted octanol–water partition coefficient (Wildman–Crippen LogP) is 1.40. The first kappa shape index (κ1) is 16.2. The van der Waals surface area contributed by atoms with Gasteiger partial charge in [-0.15, -0.1) is 0 Å². The second kappa shape index (κ2) is 7.74. The van der Waals surface area contributed by atoms with Crippen molar-refractivity contribution in [1.82, 2.24) is 14.3 Å². The molecule has 2 heterocycles. The van der Waals surface area contributed by atoms with Gasteiger partial charge in [0.2, 0.25) is 11.3 Å². The number of hydrogen-bond acceptors (Lipinski definition) is 5. The minimum Gasteiger partial charge on any atom is -0.465 e. The fourth-order valence-corrected chi connectivity index (χ4v) is 2.30. The molecule has 2 aromatic heterocycles. The molecule has 0 bridgehead atoms. The lowest BCUT2D eigenvalue weighted by atomic mass is 10.2. The highest BCUT2D eigenvalue weighted by molar-refractivity contribution is 7.76. The van der Waals surface area contributed by atoms with Crippen molar-refractivity contribution in [2.45, 2.75) is 13.1 Å². The third kappa shape index (κ3) is 4.42. The van der Waals surface area contributed by atoms with E-state index in [0.29, 0.717) is 11.3 Å². The van der Waals surface area contributed by atoms with Gasteiger partial charge in [-0.2, -0.15) is 4.31 Å². The monoisotopic (exact) mass is 321 g/mol. The number of pyridine rings is 2. The molecule has 1 unspecified atom stereocenters. The Labute approximate surface area is 130 Å². The number of aromatic nitrogens is 2. The highest BCUT2D eigenvalue weighted by Gasteiger charge is 2.14. The van der Waals surface area contributed by atoms with Gasteiger partial charge in [0.05, 0.1) is 24.9 Å². The largest absolute Gasteiger partial charge is 0.465 e. The van der Waals surface area contributed by atoms with Gasteiger partial charge < -0.3 is 4.74 Å². The number of nitrogens with zero attached hydrogens (tertiary/aromatic N) is 3. The molecule has 0 radical (unpaired) electrons. The van der Waals surface area contributed by atoms with Gasteiger partial charge in [-0.05, 0) is 23.8 Å². The molecule has 0 saturated carbocycles. The van der Waals surface area contributed by atoms with Crippen LogP contribution in [0.1, 0.15) is 21.6 Å². The van der Waals surface area contributed by atoms with Crippen LogP contribution >= 0.6 is 0 Å². The van der Waals surface area contributed by atoms with Gasteiger partial charge in [-0.3, -0.25) is 14.5 Å². The van der Waals surface area contributed by atoms with E-state index < -0.39 is 17.2 Å². The molecule has 22 heavy (non-hydrogen) atoms. The summed E-state index contributed by atoms with van der Waals surface area (Å²) in [6, 6.07) is 6.77. The summed E-state index contributed by atoms with van der Waals surface area (Å²) in [5.41, 5.74) is 1.71. The standard InChI is InChI=1S/C14H15N3O4S/c1-21-14(18)12-4-5-13(16-8-12)10-17(22(19)20)9-11-3-2-6-15-7-11/h2-8H,9-10H2,1H3,(H,19,20). The zero-order valence-corrected chi connectivity index (χ0v) is 12.7. The molecule has 1 atom stereocenters. The van der Waals surface area contributed by atoms with Gasteiger partial charge in [0.25, 0.3) is 0 Å². The number of rotatable bonds is 6. The van der Waals surface area contributed by atoms with Crippen LogP contribution < -0.4 is 0 Å². The normalized spacial score (nSPS) is 12.1. The van der Waals surface area contributed by atoms with Gasteiger partial charge in [-0.1, -0.05) is 6.07 Å². The summed E-state index contributed by atoms with van der Waals surface area (Å²) >= 11 is -2.15. The number of hydrogen-bond donors (Lipinski definition) is 1. The van der Waals surface area contributed by atoms with Gasteiger partial charge in [0.1, 0.15) is 0 Å². The van der Waals surface area contributed by atoms with Crippen LogP contribution in [0.4, 0.5) is 0 Å². The topological polar surface area (TPSA) is 92.6 Å². The maximum absolute atomic E-state index is 11.4. The van der Waals surface area contributed by atoms with E-state index in [1.807, 2.05) is 6.07 Å². The summed E-state index contributed by atoms with van der Waals surface area (Å²) in [5.74, 6) is -0.475. The van der Waals surface area contributed by atoms with Gasteiger partial charge in [-0.25, -0.2) is 9.00 Å². The number of carbonyl (C=O) groups excluding carboxylic acids is 1. The molecule has 1 N–H and O–H groups in total. The first-order valence-electron chi connectivity index (χ1n) is 6.38. The predicted molar refractivity (Wildman–Crippen MR) is 79.8 cm³/mol. The van der Waals surface area contributed by atoms with E-state index in [-0.39, 0.29) is 13.1 Å². The summed E-state index contributed by atoms with van der Waals surface area (Å²) in [6.45, 7) is 0.427. The van der Waals surface area contributed by atoms with E-state index in [2.05, 4.69) is 14.7 Å². The molecule has 116 valence electrons. The van der Waals surface area contributed by atoms with Crippen LogP contribution in [0.5, 0.6) is 0 Å². The number of carbonyl (C=O) groups is 1. The van der Waals surface area contributed by atoms with E-state index in [1.165, 1.54) is 17.6 Å². The minimum absolute atomic E-state index is 0.166. The van der Waals surface area contributed by atoms with Crippen molar-refractivity contribution < 1.29 is 18.3 Å². The smallest absolute Gasteiger partial charge is 0.339 e. The Balaban J connectivity index is 2.08. The van der Waals surface area contributed by atoms with Crippen LogP contribution in [0.2, 0.25) is 0 Å². The Bertz CT molecular complexity index is 649. The third-order valence-corrected chi connectivity index (χ3v) is 3.59. The Morgan fingerprint density at radius 2 is 2.14 bits per heavy atom. The SMILES string of the molecule is COC(=O)c1ccc(CN(Cc2cccnc2)S(=O)O)nc1. The molecular weight excluding hydrogens is 306 g/mol. The maximum Gasteiger partial charge on any atom is 0.339 e. The van der Waals surface area contributed by atoms with Crippen LogP contribution in [0.25, 0.3) is 0 Å². The number of ether oxygens (including phenoxy) is 1. The van der Waals surface area contributed by atoms with Crippen LogP contribution in [-0.4, -0.2) is 36.1 Å². The van der Waals surface area contributed by atoms with Crippen LogP contribution in [0.15, 0.2) is 42.9 Å². The van der Waals surface area contributed by atoms with Gasteiger partial charge in [0, 0.05) is 25.1 Å². The molecule has 2 aromatic rings. The second-order valence-electron chi connectivity index (χ2n) is 4.42. The second-order valence-corrected chi connectivity index (χ2v) is 5.40. The lowest BCUT2D eigenvalue weighted by Crippen LogP contribution is -2.25. The summed E-state index contributed by atoms with van der Waals surface area (Å²) in [7, 11) is 1.29. The number of esters is 1. The van der Waals surface area contributed by atoms with E-state index in [1.54, 1.807) is 30.6 Å². The van der Waals surface area contributed by atoms with Crippen LogP contribution in [0.3, 0.4) is 0 Å². The molecule has 0 aromatic carbocycles. The van der Waals surface area contributed by atoms with Crippen molar-refractivity contribution in [3.63, 3.8) is 0 Å². The third-order valence-electron chi connectivity index (χ3n) is 2.89. The van der Waals surface area contributed by atoms with E-state index in [9.17, 15) is 13.6 Å². The van der Waals surface area contributed by atoms with Crippen LogP contribution in [0, 0.1) is 0 Å². The lowest BCUT2D eigenvalue weighted by molar-refractivity contribution is 0.0600. The van der Waals surface area contributed by atoms with Gasteiger partial charge in [0.15, 0.2) is 0 Å². The lowest BCUT2D eigenvalue weighted by Gasteiger charge is -2.17. The molecule has 0 spiro atoms. The summed E-state index contributed by atoms with van der Waals surface area (Å²) < 4.78 is 26.8. The van der Waals surface area contributed by atoms with Crippen LogP contribution in [-0.2, 0) is 29.1 Å². The average Bonchev–Trinajstić information content (AvgIpc) is 2.55. The zero-order valence-electron chi connectivity index (χ0n) is 11.9. The van der Waals surface area contributed by atoms with Crippen molar-refractivity contribution >= 4 is 17.2 Å². The average molecular weight is 321 g/mol.